The Bertz CT molecular complexity index is 326. The molecule has 0 amide bonds. The van der Waals surface area contributed by atoms with Crippen LogP contribution in [0.3, 0.4) is 0 Å². The molecule has 0 saturated heterocycles. The first kappa shape index (κ1) is 28.4. The topological polar surface area (TPSA) is 29.5 Å². The minimum absolute atomic E-state index is 0.312. The molecule has 0 radical (unpaired) electrons. The average molecular weight is 384 g/mol. The molecule has 0 atom stereocenters. The molecule has 0 bridgehead atoms. The highest BCUT2D eigenvalue weighted by molar-refractivity contribution is 5.86. The van der Waals surface area contributed by atoms with Crippen LogP contribution in [0.5, 0.6) is 0 Å². The molecule has 0 saturated carbocycles. The van der Waals surface area contributed by atoms with E-state index in [-0.39, 0.29) is 5.97 Å². The van der Waals surface area contributed by atoms with Gasteiger partial charge in [-0.05, 0) is 40.9 Å². The lowest BCUT2D eigenvalue weighted by Crippen LogP contribution is -2.12. The van der Waals surface area contributed by atoms with Crippen LogP contribution in [0.4, 0.5) is 0 Å². The van der Waals surface area contributed by atoms with E-state index in [1.807, 2.05) is 0 Å². The summed E-state index contributed by atoms with van der Waals surface area (Å²) in [5, 5.41) is 0. The highest BCUT2D eigenvalue weighted by Crippen LogP contribution is 2.12. The van der Waals surface area contributed by atoms with Crippen molar-refractivity contribution in [2.75, 3.05) is 27.2 Å². The lowest BCUT2D eigenvalue weighted by molar-refractivity contribution is -0.138. The SMILES string of the molecule is C=C(C)C(=O)OCC.CCCCCCCCCCCCCCCCN(C)C. The largest absolute Gasteiger partial charge is 0.463 e. The Labute approximate surface area is 170 Å². The molecular formula is C24H49NO2. The number of ether oxygens (including phenoxy) is 1. The summed E-state index contributed by atoms with van der Waals surface area (Å²) in [6.07, 6.45) is 20.3. The molecule has 162 valence electrons. The van der Waals surface area contributed by atoms with Gasteiger partial charge in [0.1, 0.15) is 0 Å². The monoisotopic (exact) mass is 383 g/mol. The van der Waals surface area contributed by atoms with E-state index >= 15 is 0 Å². The van der Waals surface area contributed by atoms with Crippen LogP contribution in [0.15, 0.2) is 12.2 Å². The Balaban J connectivity index is 0. The number of unbranched alkanes of at least 4 members (excludes halogenated alkanes) is 13. The Morgan fingerprint density at radius 2 is 1.11 bits per heavy atom. The van der Waals surface area contributed by atoms with Crippen molar-refractivity contribution in [3.63, 3.8) is 0 Å². The van der Waals surface area contributed by atoms with Crippen molar-refractivity contribution in [3.8, 4) is 0 Å². The van der Waals surface area contributed by atoms with Crippen LogP contribution in [-0.4, -0.2) is 38.1 Å². The summed E-state index contributed by atoms with van der Waals surface area (Å²) < 4.78 is 4.56. The summed E-state index contributed by atoms with van der Waals surface area (Å²) in [4.78, 5) is 12.7. The zero-order chi connectivity index (χ0) is 20.8. The van der Waals surface area contributed by atoms with Crippen LogP contribution < -0.4 is 0 Å². The average Bonchev–Trinajstić information content (AvgIpc) is 2.62. The molecule has 0 aromatic carbocycles. The van der Waals surface area contributed by atoms with E-state index < -0.39 is 0 Å². The highest BCUT2D eigenvalue weighted by atomic mass is 16.5. The molecule has 0 aliphatic rings. The number of hydrogen-bond donors (Lipinski definition) is 0. The maximum absolute atomic E-state index is 10.4. The van der Waals surface area contributed by atoms with Crippen LogP contribution in [0.1, 0.15) is 111 Å². The smallest absolute Gasteiger partial charge is 0.333 e. The second-order valence-corrected chi connectivity index (χ2v) is 7.90. The quantitative estimate of drug-likeness (QED) is 0.152. The third kappa shape index (κ3) is 27.5. The van der Waals surface area contributed by atoms with Gasteiger partial charge in [-0.15, -0.1) is 0 Å². The van der Waals surface area contributed by atoms with E-state index in [1.165, 1.54) is 96.4 Å². The number of rotatable bonds is 17. The number of carbonyl (C=O) groups excluding carboxylic acids is 1. The van der Waals surface area contributed by atoms with Gasteiger partial charge in [0.25, 0.3) is 0 Å². The first-order valence-corrected chi connectivity index (χ1v) is 11.4. The maximum atomic E-state index is 10.4. The third-order valence-electron chi connectivity index (χ3n) is 4.58. The van der Waals surface area contributed by atoms with Gasteiger partial charge in [-0.1, -0.05) is 97.0 Å². The number of carbonyl (C=O) groups is 1. The number of esters is 1. The minimum atomic E-state index is -0.312. The van der Waals surface area contributed by atoms with E-state index in [2.05, 4.69) is 37.2 Å². The van der Waals surface area contributed by atoms with Crippen molar-refractivity contribution in [1.82, 2.24) is 4.90 Å². The van der Waals surface area contributed by atoms with Crippen LogP contribution in [-0.2, 0) is 9.53 Å². The van der Waals surface area contributed by atoms with E-state index in [0.29, 0.717) is 12.2 Å². The Kier molecular flexibility index (Phi) is 24.4. The first-order chi connectivity index (χ1) is 13.0. The van der Waals surface area contributed by atoms with E-state index in [4.69, 9.17) is 0 Å². The van der Waals surface area contributed by atoms with Crippen molar-refractivity contribution in [3.05, 3.63) is 12.2 Å². The predicted octanol–water partition coefficient (Wildman–Crippen LogP) is 7.15. The molecule has 0 spiro atoms. The van der Waals surface area contributed by atoms with Crippen LogP contribution in [0.25, 0.3) is 0 Å². The van der Waals surface area contributed by atoms with Crippen molar-refractivity contribution in [2.24, 2.45) is 0 Å². The fourth-order valence-electron chi connectivity index (χ4n) is 2.88. The van der Waals surface area contributed by atoms with Gasteiger partial charge in [-0.2, -0.15) is 0 Å². The second-order valence-electron chi connectivity index (χ2n) is 7.90. The van der Waals surface area contributed by atoms with Crippen molar-refractivity contribution in [1.29, 1.82) is 0 Å². The molecule has 0 aliphatic carbocycles. The van der Waals surface area contributed by atoms with Crippen molar-refractivity contribution < 1.29 is 9.53 Å². The fraction of sp³-hybridized carbons (Fsp3) is 0.875. The van der Waals surface area contributed by atoms with Gasteiger partial charge in [0.2, 0.25) is 0 Å². The molecule has 0 rings (SSSR count). The molecule has 0 aromatic rings. The lowest BCUT2D eigenvalue weighted by Gasteiger charge is -2.08. The summed E-state index contributed by atoms with van der Waals surface area (Å²) >= 11 is 0. The lowest BCUT2D eigenvalue weighted by atomic mass is 10.0. The van der Waals surface area contributed by atoms with Crippen LogP contribution >= 0.6 is 0 Å². The Morgan fingerprint density at radius 1 is 0.741 bits per heavy atom. The fourth-order valence-corrected chi connectivity index (χ4v) is 2.88. The van der Waals surface area contributed by atoms with E-state index in [0.717, 1.165) is 0 Å². The minimum Gasteiger partial charge on any atom is -0.463 e. The normalized spacial score (nSPS) is 10.4. The number of hydrogen-bond acceptors (Lipinski definition) is 3. The summed E-state index contributed by atoms with van der Waals surface area (Å²) in [7, 11) is 4.34. The van der Waals surface area contributed by atoms with Crippen LogP contribution in [0, 0.1) is 0 Å². The van der Waals surface area contributed by atoms with Gasteiger partial charge >= 0.3 is 5.97 Å². The summed E-state index contributed by atoms with van der Waals surface area (Å²) in [5.41, 5.74) is 0.451. The predicted molar refractivity (Wildman–Crippen MR) is 120 cm³/mol. The molecule has 3 heteroatoms. The zero-order valence-corrected chi connectivity index (χ0v) is 19.3. The molecule has 3 nitrogen and oxygen atoms in total. The molecule has 0 fully saturated rings. The Morgan fingerprint density at radius 3 is 1.37 bits per heavy atom. The highest BCUT2D eigenvalue weighted by Gasteiger charge is 1.98. The standard InChI is InChI=1S/C18H39N.C6H10O2/c1-4-5-6-7-8-9-10-11-12-13-14-15-16-17-18-19(2)3;1-4-8-6(7)5(2)3/h4-18H2,1-3H3;2,4H2,1,3H3. The van der Waals surface area contributed by atoms with E-state index in [9.17, 15) is 4.79 Å². The summed E-state index contributed by atoms with van der Waals surface area (Å²) in [6, 6.07) is 0. The molecule has 0 aromatic heterocycles. The van der Waals surface area contributed by atoms with Crippen molar-refractivity contribution in [2.45, 2.75) is 111 Å². The first-order valence-electron chi connectivity index (χ1n) is 11.4. The summed E-state index contributed by atoms with van der Waals surface area (Å²) in [5.74, 6) is -0.312. The van der Waals surface area contributed by atoms with Gasteiger partial charge in [0.05, 0.1) is 6.61 Å². The van der Waals surface area contributed by atoms with Crippen molar-refractivity contribution >= 4 is 5.97 Å². The molecule has 0 aliphatic heterocycles. The molecule has 27 heavy (non-hydrogen) atoms. The molecule has 0 unspecified atom stereocenters. The van der Waals surface area contributed by atoms with Gasteiger partial charge in [0, 0.05) is 5.57 Å². The third-order valence-corrected chi connectivity index (χ3v) is 4.58. The second kappa shape index (κ2) is 23.2. The summed E-state index contributed by atoms with van der Waals surface area (Å²) in [6.45, 7) is 10.8. The van der Waals surface area contributed by atoms with Gasteiger partial charge < -0.3 is 9.64 Å². The zero-order valence-electron chi connectivity index (χ0n) is 19.3. The molecule has 0 heterocycles. The number of nitrogens with zero attached hydrogens (tertiary/aromatic N) is 1. The van der Waals surface area contributed by atoms with Gasteiger partial charge in [-0.3, -0.25) is 0 Å². The van der Waals surface area contributed by atoms with E-state index in [1.54, 1.807) is 13.8 Å². The van der Waals surface area contributed by atoms with Crippen LogP contribution in [0.2, 0.25) is 0 Å². The van der Waals surface area contributed by atoms with Gasteiger partial charge in [-0.25, -0.2) is 4.79 Å². The Hall–Kier alpha value is -0.830. The van der Waals surface area contributed by atoms with Gasteiger partial charge in [0.15, 0.2) is 0 Å². The molecule has 0 N–H and O–H groups in total. The molecular weight excluding hydrogens is 334 g/mol. The maximum Gasteiger partial charge on any atom is 0.333 e.